The zero-order valence-corrected chi connectivity index (χ0v) is 15.4. The predicted octanol–water partition coefficient (Wildman–Crippen LogP) is 4.74. The number of morpholine rings is 1. The SMILES string of the molecule is CCC1CN(C(=O)c2[nH]c3ccc(Cl)cc3c2-c2ccccc2)CCO1. The first-order chi connectivity index (χ1) is 12.7. The van der Waals surface area contributed by atoms with Gasteiger partial charge in [-0.15, -0.1) is 0 Å². The van der Waals surface area contributed by atoms with E-state index in [4.69, 9.17) is 16.3 Å². The maximum Gasteiger partial charge on any atom is 0.271 e. The summed E-state index contributed by atoms with van der Waals surface area (Å²) in [5.41, 5.74) is 3.44. The Morgan fingerprint density at radius 3 is 2.85 bits per heavy atom. The molecule has 0 bridgehead atoms. The highest BCUT2D eigenvalue weighted by molar-refractivity contribution is 6.31. The van der Waals surface area contributed by atoms with Crippen molar-refractivity contribution in [1.29, 1.82) is 0 Å². The van der Waals surface area contributed by atoms with Crippen molar-refractivity contribution >= 4 is 28.4 Å². The van der Waals surface area contributed by atoms with Crippen molar-refractivity contribution in [2.75, 3.05) is 19.7 Å². The Morgan fingerprint density at radius 2 is 2.08 bits per heavy atom. The summed E-state index contributed by atoms with van der Waals surface area (Å²) in [6.07, 6.45) is 1.00. The zero-order chi connectivity index (χ0) is 18.1. The number of aromatic amines is 1. The van der Waals surface area contributed by atoms with Gasteiger partial charge < -0.3 is 14.6 Å². The van der Waals surface area contributed by atoms with Gasteiger partial charge in [0.05, 0.1) is 12.7 Å². The second-order valence-corrected chi connectivity index (χ2v) is 7.02. The van der Waals surface area contributed by atoms with Crippen molar-refractivity contribution < 1.29 is 9.53 Å². The van der Waals surface area contributed by atoms with Gasteiger partial charge in [0, 0.05) is 34.6 Å². The summed E-state index contributed by atoms with van der Waals surface area (Å²) >= 11 is 6.23. The molecule has 1 N–H and O–H groups in total. The molecule has 1 unspecified atom stereocenters. The number of rotatable bonds is 3. The average molecular weight is 369 g/mol. The van der Waals surface area contributed by atoms with Crippen LogP contribution in [0.15, 0.2) is 48.5 Å². The molecule has 1 amide bonds. The smallest absolute Gasteiger partial charge is 0.271 e. The number of H-pyrrole nitrogens is 1. The van der Waals surface area contributed by atoms with E-state index >= 15 is 0 Å². The molecule has 4 rings (SSSR count). The monoisotopic (exact) mass is 368 g/mol. The fourth-order valence-corrected chi connectivity index (χ4v) is 3.71. The number of nitrogens with one attached hydrogen (secondary N) is 1. The van der Waals surface area contributed by atoms with E-state index in [1.54, 1.807) is 0 Å². The molecule has 1 saturated heterocycles. The first kappa shape index (κ1) is 17.1. The summed E-state index contributed by atoms with van der Waals surface area (Å²) in [4.78, 5) is 18.5. The van der Waals surface area contributed by atoms with Crippen molar-refractivity contribution in [2.45, 2.75) is 19.4 Å². The molecule has 26 heavy (non-hydrogen) atoms. The molecule has 1 aliphatic heterocycles. The number of fused-ring (bicyclic) bond motifs is 1. The maximum atomic E-state index is 13.3. The van der Waals surface area contributed by atoms with Crippen molar-refractivity contribution in [3.05, 3.63) is 59.2 Å². The van der Waals surface area contributed by atoms with E-state index in [2.05, 4.69) is 11.9 Å². The van der Waals surface area contributed by atoms with Gasteiger partial charge >= 0.3 is 0 Å². The van der Waals surface area contributed by atoms with Gasteiger partial charge in [-0.3, -0.25) is 4.79 Å². The van der Waals surface area contributed by atoms with Gasteiger partial charge in [0.25, 0.3) is 5.91 Å². The summed E-state index contributed by atoms with van der Waals surface area (Å²) in [5.74, 6) is 0.0120. The zero-order valence-electron chi connectivity index (χ0n) is 14.7. The fourth-order valence-electron chi connectivity index (χ4n) is 3.54. The Bertz CT molecular complexity index is 936. The molecule has 0 aliphatic carbocycles. The Hall–Kier alpha value is -2.30. The minimum absolute atomic E-state index is 0.0120. The van der Waals surface area contributed by atoms with E-state index in [0.29, 0.717) is 30.4 Å². The van der Waals surface area contributed by atoms with Crippen molar-refractivity contribution in [3.8, 4) is 11.1 Å². The van der Waals surface area contributed by atoms with Gasteiger partial charge in [-0.05, 0) is 30.2 Å². The van der Waals surface area contributed by atoms with Crippen LogP contribution in [0.1, 0.15) is 23.8 Å². The fraction of sp³-hybridized carbons (Fsp3) is 0.286. The number of ether oxygens (including phenoxy) is 1. The second-order valence-electron chi connectivity index (χ2n) is 6.58. The third kappa shape index (κ3) is 3.11. The molecule has 134 valence electrons. The van der Waals surface area contributed by atoms with Gasteiger partial charge in [0.2, 0.25) is 0 Å². The van der Waals surface area contributed by atoms with Crippen molar-refractivity contribution in [1.82, 2.24) is 9.88 Å². The second kappa shape index (κ2) is 7.14. The van der Waals surface area contributed by atoms with E-state index in [0.717, 1.165) is 28.5 Å². The number of aromatic nitrogens is 1. The molecule has 0 spiro atoms. The van der Waals surface area contributed by atoms with Crippen LogP contribution < -0.4 is 0 Å². The number of hydrogen-bond acceptors (Lipinski definition) is 2. The topological polar surface area (TPSA) is 45.3 Å². The van der Waals surface area contributed by atoms with Crippen LogP contribution in [0.25, 0.3) is 22.0 Å². The lowest BCUT2D eigenvalue weighted by molar-refractivity contribution is -0.0227. The van der Waals surface area contributed by atoms with Crippen LogP contribution in [0, 0.1) is 0 Å². The van der Waals surface area contributed by atoms with Gasteiger partial charge in [0.15, 0.2) is 0 Å². The van der Waals surface area contributed by atoms with E-state index in [-0.39, 0.29) is 12.0 Å². The summed E-state index contributed by atoms with van der Waals surface area (Å²) < 4.78 is 5.71. The minimum atomic E-state index is 0.0120. The third-order valence-electron chi connectivity index (χ3n) is 4.92. The lowest BCUT2D eigenvalue weighted by atomic mass is 10.0. The highest BCUT2D eigenvalue weighted by Crippen LogP contribution is 2.34. The number of nitrogens with zero attached hydrogens (tertiary/aromatic N) is 1. The summed E-state index contributed by atoms with van der Waals surface area (Å²) in [7, 11) is 0. The first-order valence-corrected chi connectivity index (χ1v) is 9.32. The number of benzene rings is 2. The van der Waals surface area contributed by atoms with Crippen LogP contribution in [0.3, 0.4) is 0 Å². The number of halogens is 1. The van der Waals surface area contributed by atoms with Crippen molar-refractivity contribution in [2.24, 2.45) is 0 Å². The normalized spacial score (nSPS) is 17.6. The molecule has 1 atom stereocenters. The lowest BCUT2D eigenvalue weighted by Gasteiger charge is -2.32. The molecule has 0 saturated carbocycles. The van der Waals surface area contributed by atoms with Gasteiger partial charge in [-0.25, -0.2) is 0 Å². The van der Waals surface area contributed by atoms with Crippen LogP contribution >= 0.6 is 11.6 Å². The van der Waals surface area contributed by atoms with Crippen LogP contribution in [0.2, 0.25) is 5.02 Å². The maximum absolute atomic E-state index is 13.3. The first-order valence-electron chi connectivity index (χ1n) is 8.95. The Labute approximate surface area is 157 Å². The largest absolute Gasteiger partial charge is 0.375 e. The van der Waals surface area contributed by atoms with Crippen LogP contribution in [-0.2, 0) is 4.74 Å². The lowest BCUT2D eigenvalue weighted by Crippen LogP contribution is -2.45. The highest BCUT2D eigenvalue weighted by atomic mass is 35.5. The highest BCUT2D eigenvalue weighted by Gasteiger charge is 2.28. The Morgan fingerprint density at radius 1 is 1.27 bits per heavy atom. The summed E-state index contributed by atoms with van der Waals surface area (Å²) in [6, 6.07) is 15.7. The molecule has 5 heteroatoms. The van der Waals surface area contributed by atoms with E-state index in [9.17, 15) is 4.79 Å². The molecule has 2 aromatic carbocycles. The molecule has 4 nitrogen and oxygen atoms in total. The number of carbonyl (C=O) groups excluding carboxylic acids is 1. The van der Waals surface area contributed by atoms with Crippen molar-refractivity contribution in [3.63, 3.8) is 0 Å². The molecule has 0 radical (unpaired) electrons. The van der Waals surface area contributed by atoms with Crippen LogP contribution in [0.4, 0.5) is 0 Å². The van der Waals surface area contributed by atoms with E-state index in [1.165, 1.54) is 0 Å². The Balaban J connectivity index is 1.83. The standard InChI is InChI=1S/C21H21ClN2O2/c1-2-16-13-24(10-11-26-16)21(25)20-19(14-6-4-3-5-7-14)17-12-15(22)8-9-18(17)23-20/h3-9,12,16,23H,2,10-11,13H2,1H3. The number of amides is 1. The molecule has 1 aliphatic rings. The quantitative estimate of drug-likeness (QED) is 0.725. The van der Waals surface area contributed by atoms with Crippen LogP contribution in [-0.4, -0.2) is 41.6 Å². The molecular formula is C21H21ClN2O2. The number of carbonyl (C=O) groups is 1. The molecule has 3 aromatic rings. The summed E-state index contributed by atoms with van der Waals surface area (Å²) in [6.45, 7) is 3.90. The predicted molar refractivity (Wildman–Crippen MR) is 105 cm³/mol. The minimum Gasteiger partial charge on any atom is -0.375 e. The third-order valence-corrected chi connectivity index (χ3v) is 5.15. The van der Waals surface area contributed by atoms with E-state index in [1.807, 2.05) is 53.4 Å². The molecule has 1 fully saturated rings. The molecule has 2 heterocycles. The average Bonchev–Trinajstić information content (AvgIpc) is 3.06. The summed E-state index contributed by atoms with van der Waals surface area (Å²) in [5, 5.41) is 1.62. The molecular weight excluding hydrogens is 348 g/mol. The van der Waals surface area contributed by atoms with E-state index < -0.39 is 0 Å². The molecule has 1 aromatic heterocycles. The number of hydrogen-bond donors (Lipinski definition) is 1. The van der Waals surface area contributed by atoms with Crippen LogP contribution in [0.5, 0.6) is 0 Å². The van der Waals surface area contributed by atoms with Gasteiger partial charge in [0.1, 0.15) is 5.69 Å². The Kier molecular flexibility index (Phi) is 4.70. The van der Waals surface area contributed by atoms with Gasteiger partial charge in [-0.1, -0.05) is 48.9 Å². The van der Waals surface area contributed by atoms with Gasteiger partial charge in [-0.2, -0.15) is 0 Å².